The van der Waals surface area contributed by atoms with Gasteiger partial charge in [-0.05, 0) is 94.3 Å². The predicted octanol–water partition coefficient (Wildman–Crippen LogP) is 8.15. The summed E-state index contributed by atoms with van der Waals surface area (Å²) in [6.45, 7) is 0. The summed E-state index contributed by atoms with van der Waals surface area (Å²) < 4.78 is 6.73. The molecule has 0 saturated carbocycles. The number of anilines is 1. The first-order chi connectivity index (χ1) is 19.7. The van der Waals surface area contributed by atoms with Gasteiger partial charge in [0.25, 0.3) is 11.8 Å². The second-order valence-corrected chi connectivity index (χ2v) is 11.0. The third kappa shape index (κ3) is 8.86. The summed E-state index contributed by atoms with van der Waals surface area (Å²) in [4.78, 5) is 37.7. The molecule has 0 aliphatic rings. The Labute approximate surface area is 262 Å². The van der Waals surface area contributed by atoms with Gasteiger partial charge >= 0.3 is 5.97 Å². The summed E-state index contributed by atoms with van der Waals surface area (Å²) in [5, 5.41) is 7.89. The SMILES string of the molecule is O=C(/C=C/c1ccc(Cl)cc1)Oc1c(Br)cc(Br)cc1C=NNC(=O)c1cccc(NC(=O)c2ccc(Cl)cc2)c1. The highest BCUT2D eigenvalue weighted by atomic mass is 79.9. The Morgan fingerprint density at radius 3 is 2.20 bits per heavy atom. The molecule has 2 N–H and O–H groups in total. The fraction of sp³-hybridized carbons (Fsp3) is 0. The van der Waals surface area contributed by atoms with Crippen LogP contribution >= 0.6 is 55.1 Å². The molecule has 0 aromatic heterocycles. The van der Waals surface area contributed by atoms with E-state index in [0.717, 1.165) is 5.56 Å². The number of rotatable bonds is 8. The Kier molecular flexibility index (Phi) is 10.5. The van der Waals surface area contributed by atoms with Crippen molar-refractivity contribution in [2.24, 2.45) is 5.10 Å². The zero-order valence-corrected chi connectivity index (χ0v) is 25.6. The molecule has 0 radical (unpaired) electrons. The van der Waals surface area contributed by atoms with E-state index in [1.54, 1.807) is 84.9 Å². The lowest BCUT2D eigenvalue weighted by atomic mass is 10.1. The first-order valence-corrected chi connectivity index (χ1v) is 14.2. The summed E-state index contributed by atoms with van der Waals surface area (Å²) in [7, 11) is 0. The van der Waals surface area contributed by atoms with Crippen LogP contribution in [0.15, 0.2) is 105 Å². The Bertz CT molecular complexity index is 1660. The van der Waals surface area contributed by atoms with Crippen LogP contribution < -0.4 is 15.5 Å². The van der Waals surface area contributed by atoms with E-state index in [9.17, 15) is 14.4 Å². The lowest BCUT2D eigenvalue weighted by Crippen LogP contribution is -2.18. The number of hydrogen-bond donors (Lipinski definition) is 2. The van der Waals surface area contributed by atoms with Crippen LogP contribution in [-0.2, 0) is 4.79 Å². The average molecular weight is 716 g/mol. The standard InChI is InChI=1S/C30H19Br2Cl2N3O4/c31-22-14-21(28(26(32)16-22)41-27(38)13-6-18-4-9-23(33)10-5-18)17-35-37-30(40)20-2-1-3-25(15-20)36-29(39)19-7-11-24(34)12-8-19/h1-17H,(H,36,39)(H,37,40)/b13-6+,35-17?. The second-order valence-electron chi connectivity index (χ2n) is 8.35. The van der Waals surface area contributed by atoms with Gasteiger partial charge in [0.1, 0.15) is 0 Å². The van der Waals surface area contributed by atoms with Crippen molar-refractivity contribution in [2.45, 2.75) is 0 Å². The van der Waals surface area contributed by atoms with Crippen molar-refractivity contribution in [2.75, 3.05) is 5.32 Å². The molecule has 4 aromatic rings. The Morgan fingerprint density at radius 2 is 1.49 bits per heavy atom. The van der Waals surface area contributed by atoms with E-state index in [1.807, 2.05) is 0 Å². The number of hydrogen-bond acceptors (Lipinski definition) is 5. The van der Waals surface area contributed by atoms with Gasteiger partial charge < -0.3 is 10.1 Å². The van der Waals surface area contributed by atoms with Gasteiger partial charge in [-0.3, -0.25) is 9.59 Å². The van der Waals surface area contributed by atoms with Crippen LogP contribution in [0.2, 0.25) is 10.0 Å². The number of esters is 1. The topological polar surface area (TPSA) is 96.9 Å². The molecule has 0 bridgehead atoms. The van der Waals surface area contributed by atoms with E-state index < -0.39 is 11.9 Å². The molecule has 0 unspecified atom stereocenters. The van der Waals surface area contributed by atoms with Crippen LogP contribution in [-0.4, -0.2) is 24.0 Å². The van der Waals surface area contributed by atoms with Crippen molar-refractivity contribution >= 4 is 90.8 Å². The van der Waals surface area contributed by atoms with Gasteiger partial charge in [0.2, 0.25) is 0 Å². The smallest absolute Gasteiger partial charge is 0.336 e. The van der Waals surface area contributed by atoms with Crippen molar-refractivity contribution < 1.29 is 19.1 Å². The number of halogens is 4. The summed E-state index contributed by atoms with van der Waals surface area (Å²) in [5.41, 5.74) is 4.76. The third-order valence-electron chi connectivity index (χ3n) is 5.38. The zero-order chi connectivity index (χ0) is 29.4. The summed E-state index contributed by atoms with van der Waals surface area (Å²) in [5.74, 6) is -1.26. The minimum absolute atomic E-state index is 0.212. The van der Waals surface area contributed by atoms with Crippen molar-refractivity contribution in [3.05, 3.63) is 132 Å². The number of carbonyl (C=O) groups is 3. The first-order valence-electron chi connectivity index (χ1n) is 11.8. The molecule has 2 amide bonds. The Balaban J connectivity index is 1.42. The summed E-state index contributed by atoms with van der Waals surface area (Å²) in [6.07, 6.45) is 4.25. The van der Waals surface area contributed by atoms with E-state index >= 15 is 0 Å². The zero-order valence-electron chi connectivity index (χ0n) is 20.9. The lowest BCUT2D eigenvalue weighted by Gasteiger charge is -2.09. The van der Waals surface area contributed by atoms with Gasteiger partial charge in [-0.15, -0.1) is 0 Å². The second kappa shape index (κ2) is 14.2. The first kappa shape index (κ1) is 30.2. The summed E-state index contributed by atoms with van der Waals surface area (Å²) in [6, 6.07) is 23.2. The van der Waals surface area contributed by atoms with E-state index in [0.29, 0.717) is 35.8 Å². The molecule has 0 aliphatic carbocycles. The van der Waals surface area contributed by atoms with Crippen LogP contribution in [0.4, 0.5) is 5.69 Å². The minimum atomic E-state index is -0.612. The van der Waals surface area contributed by atoms with Crippen molar-refractivity contribution in [3.63, 3.8) is 0 Å². The van der Waals surface area contributed by atoms with Crippen LogP contribution in [0.25, 0.3) is 6.08 Å². The van der Waals surface area contributed by atoms with E-state index in [-0.39, 0.29) is 17.2 Å². The molecule has 7 nitrogen and oxygen atoms in total. The fourth-order valence-electron chi connectivity index (χ4n) is 3.42. The van der Waals surface area contributed by atoms with Crippen LogP contribution in [0.1, 0.15) is 31.8 Å². The Morgan fingerprint density at radius 1 is 0.805 bits per heavy atom. The molecule has 11 heteroatoms. The van der Waals surface area contributed by atoms with Gasteiger partial charge in [-0.25, -0.2) is 10.2 Å². The third-order valence-corrected chi connectivity index (χ3v) is 6.93. The molecule has 0 fully saturated rings. The average Bonchev–Trinajstić information content (AvgIpc) is 2.95. The maximum absolute atomic E-state index is 12.7. The van der Waals surface area contributed by atoms with E-state index in [4.69, 9.17) is 27.9 Å². The molecule has 0 atom stereocenters. The molecular weight excluding hydrogens is 697 g/mol. The number of nitrogens with one attached hydrogen (secondary N) is 2. The highest BCUT2D eigenvalue weighted by Gasteiger charge is 2.13. The van der Waals surface area contributed by atoms with Crippen LogP contribution in [0.3, 0.4) is 0 Å². The van der Waals surface area contributed by atoms with Gasteiger partial charge in [-0.1, -0.05) is 57.3 Å². The molecule has 0 heterocycles. The molecule has 41 heavy (non-hydrogen) atoms. The quantitative estimate of drug-likeness (QED) is 0.0633. The van der Waals surface area contributed by atoms with E-state index in [2.05, 4.69) is 47.7 Å². The van der Waals surface area contributed by atoms with Gasteiger partial charge in [0.05, 0.1) is 10.7 Å². The molecule has 206 valence electrons. The van der Waals surface area contributed by atoms with Crippen molar-refractivity contribution in [1.29, 1.82) is 0 Å². The Hall–Kier alpha value is -3.76. The van der Waals surface area contributed by atoms with Crippen molar-refractivity contribution in [3.8, 4) is 5.75 Å². The van der Waals surface area contributed by atoms with Crippen LogP contribution in [0, 0.1) is 0 Å². The molecule has 0 spiro atoms. The van der Waals surface area contributed by atoms with Gasteiger partial charge in [-0.2, -0.15) is 5.10 Å². The molecule has 4 aromatic carbocycles. The number of benzene rings is 4. The lowest BCUT2D eigenvalue weighted by molar-refractivity contribution is -0.128. The number of amides is 2. The molecule has 0 aliphatic heterocycles. The number of ether oxygens (including phenoxy) is 1. The van der Waals surface area contributed by atoms with Gasteiger partial charge in [0, 0.05) is 43.0 Å². The molecule has 4 rings (SSSR count). The monoisotopic (exact) mass is 713 g/mol. The normalized spacial score (nSPS) is 11.0. The van der Waals surface area contributed by atoms with Crippen LogP contribution in [0.5, 0.6) is 5.75 Å². The number of nitrogens with zero attached hydrogens (tertiary/aromatic N) is 1. The highest BCUT2D eigenvalue weighted by molar-refractivity contribution is 9.11. The summed E-state index contributed by atoms with van der Waals surface area (Å²) >= 11 is 18.6. The van der Waals surface area contributed by atoms with Crippen molar-refractivity contribution in [1.82, 2.24) is 5.43 Å². The predicted molar refractivity (Wildman–Crippen MR) is 169 cm³/mol. The fourth-order valence-corrected chi connectivity index (χ4v) is 5.02. The largest absolute Gasteiger partial charge is 0.421 e. The number of carbonyl (C=O) groups excluding carboxylic acids is 3. The maximum Gasteiger partial charge on any atom is 0.336 e. The molecule has 0 saturated heterocycles. The minimum Gasteiger partial charge on any atom is -0.421 e. The highest BCUT2D eigenvalue weighted by Crippen LogP contribution is 2.32. The number of hydrazone groups is 1. The molecular formula is C30H19Br2Cl2N3O4. The van der Waals surface area contributed by atoms with Gasteiger partial charge in [0.15, 0.2) is 5.75 Å². The van der Waals surface area contributed by atoms with E-state index in [1.165, 1.54) is 18.4 Å². The maximum atomic E-state index is 12.7.